The third-order valence-electron chi connectivity index (χ3n) is 6.09. The quantitative estimate of drug-likeness (QED) is 0.640. The van der Waals surface area contributed by atoms with E-state index in [1.165, 1.54) is 6.33 Å². The molecular weight excluding hydrogens is 396 g/mol. The molecule has 2 fully saturated rings. The molecule has 3 aromatic rings. The van der Waals surface area contributed by atoms with Crippen LogP contribution >= 0.6 is 0 Å². The minimum Gasteiger partial charge on any atom is -0.374 e. The van der Waals surface area contributed by atoms with Crippen LogP contribution < -0.4 is 5.32 Å². The summed E-state index contributed by atoms with van der Waals surface area (Å²) in [5.74, 6) is 2.09. The lowest BCUT2D eigenvalue weighted by Gasteiger charge is -2.30. The third kappa shape index (κ3) is 3.40. The summed E-state index contributed by atoms with van der Waals surface area (Å²) in [7, 11) is 0. The van der Waals surface area contributed by atoms with Gasteiger partial charge in [0.15, 0.2) is 17.0 Å². The predicted octanol–water partition coefficient (Wildman–Crippen LogP) is 1.80. The highest BCUT2D eigenvalue weighted by Crippen LogP contribution is 2.30. The van der Waals surface area contributed by atoms with E-state index in [4.69, 9.17) is 9.72 Å². The van der Waals surface area contributed by atoms with Crippen LogP contribution in [0.2, 0.25) is 0 Å². The summed E-state index contributed by atoms with van der Waals surface area (Å²) in [6.45, 7) is 7.87. The highest BCUT2D eigenvalue weighted by Gasteiger charge is 2.43. The maximum absolute atomic E-state index is 13.2. The molecule has 2 saturated heterocycles. The number of fused-ring (bicyclic) bond motifs is 3. The Balaban J connectivity index is 1.48. The Morgan fingerprint density at radius 1 is 1.26 bits per heavy atom. The average Bonchev–Trinajstić information content (AvgIpc) is 3.51. The number of aryl methyl sites for hydroxylation is 2. The van der Waals surface area contributed by atoms with Gasteiger partial charge >= 0.3 is 0 Å². The Morgan fingerprint density at radius 3 is 2.71 bits per heavy atom. The van der Waals surface area contributed by atoms with E-state index in [0.29, 0.717) is 48.9 Å². The van der Waals surface area contributed by atoms with Gasteiger partial charge in [-0.15, -0.1) is 0 Å². The van der Waals surface area contributed by atoms with Crippen molar-refractivity contribution in [1.82, 2.24) is 34.4 Å². The Bertz CT molecular complexity index is 1110. The standard InChI is InChI=1S/C21H26N8O2/c1-4-16(21(30)29-9-15-6-14(29)10-31-15)26-18-17-20(25-11-24-18)28(5-2)19(27-17)13-7-22-12(3)23-8-13/h7-8,11,14-16H,4-6,9-10H2,1-3H3,(H,24,25,26). The van der Waals surface area contributed by atoms with Gasteiger partial charge in [0, 0.05) is 25.5 Å². The van der Waals surface area contributed by atoms with E-state index in [-0.39, 0.29) is 24.1 Å². The van der Waals surface area contributed by atoms with Crippen molar-refractivity contribution in [2.75, 3.05) is 18.5 Å². The van der Waals surface area contributed by atoms with Crippen molar-refractivity contribution in [3.8, 4) is 11.4 Å². The largest absolute Gasteiger partial charge is 0.374 e. The molecule has 10 heteroatoms. The molecule has 3 aromatic heterocycles. The van der Waals surface area contributed by atoms with E-state index in [1.807, 2.05) is 30.2 Å². The van der Waals surface area contributed by atoms with Crippen molar-refractivity contribution < 1.29 is 9.53 Å². The molecule has 0 aromatic carbocycles. The summed E-state index contributed by atoms with van der Waals surface area (Å²) in [5.41, 5.74) is 2.16. The number of aromatic nitrogens is 6. The molecule has 1 N–H and O–H groups in total. The van der Waals surface area contributed by atoms with E-state index in [2.05, 4.69) is 25.3 Å². The Hall–Kier alpha value is -3.14. The van der Waals surface area contributed by atoms with Gasteiger partial charge in [-0.1, -0.05) is 6.92 Å². The van der Waals surface area contributed by atoms with Crippen LogP contribution in [0.5, 0.6) is 0 Å². The molecule has 2 aliphatic rings. The Labute approximate surface area is 180 Å². The molecular formula is C21H26N8O2. The summed E-state index contributed by atoms with van der Waals surface area (Å²) in [5, 5.41) is 3.34. The number of nitrogens with zero attached hydrogens (tertiary/aromatic N) is 7. The number of hydrogen-bond donors (Lipinski definition) is 1. The maximum Gasteiger partial charge on any atom is 0.245 e. The van der Waals surface area contributed by atoms with Crippen LogP contribution in [0.25, 0.3) is 22.6 Å². The number of nitrogens with one attached hydrogen (secondary N) is 1. The topological polar surface area (TPSA) is 111 Å². The first kappa shape index (κ1) is 19.8. The first-order valence-corrected chi connectivity index (χ1v) is 10.8. The second-order valence-corrected chi connectivity index (χ2v) is 8.03. The van der Waals surface area contributed by atoms with Crippen molar-refractivity contribution in [2.45, 2.75) is 58.3 Å². The van der Waals surface area contributed by atoms with Gasteiger partial charge in [0.25, 0.3) is 0 Å². The molecule has 3 unspecified atom stereocenters. The van der Waals surface area contributed by atoms with Gasteiger partial charge in [0.05, 0.1) is 24.3 Å². The fraction of sp³-hybridized carbons (Fsp3) is 0.524. The molecule has 0 saturated carbocycles. The molecule has 5 rings (SSSR count). The number of ether oxygens (including phenoxy) is 1. The zero-order valence-corrected chi connectivity index (χ0v) is 17.9. The lowest BCUT2D eigenvalue weighted by molar-refractivity contribution is -0.136. The van der Waals surface area contributed by atoms with E-state index < -0.39 is 0 Å². The van der Waals surface area contributed by atoms with Crippen LogP contribution in [0.1, 0.15) is 32.5 Å². The van der Waals surface area contributed by atoms with Gasteiger partial charge in [-0.05, 0) is 26.7 Å². The first-order valence-electron chi connectivity index (χ1n) is 10.8. The van der Waals surface area contributed by atoms with Crippen molar-refractivity contribution in [3.63, 3.8) is 0 Å². The Kier molecular flexibility index (Phi) is 5.01. The number of imidazole rings is 1. The van der Waals surface area contributed by atoms with Gasteiger partial charge in [-0.25, -0.2) is 24.9 Å². The molecule has 3 atom stereocenters. The number of carbonyl (C=O) groups excluding carboxylic acids is 1. The van der Waals surface area contributed by atoms with Crippen molar-refractivity contribution in [3.05, 3.63) is 24.5 Å². The van der Waals surface area contributed by atoms with Crippen LogP contribution in [0.3, 0.4) is 0 Å². The van der Waals surface area contributed by atoms with E-state index in [1.54, 1.807) is 12.4 Å². The van der Waals surface area contributed by atoms with Gasteiger partial charge in [-0.2, -0.15) is 0 Å². The minimum atomic E-state index is -0.379. The molecule has 2 aliphatic heterocycles. The SMILES string of the molecule is CCC(Nc1ncnc2c1nc(-c1cnc(C)nc1)n2CC)C(=O)N1CC2CC1CO2. The molecule has 0 spiro atoms. The number of hydrogen-bond acceptors (Lipinski definition) is 8. The molecule has 10 nitrogen and oxygen atoms in total. The van der Waals surface area contributed by atoms with Gasteiger partial charge in [0.2, 0.25) is 5.91 Å². The Morgan fingerprint density at radius 2 is 2.06 bits per heavy atom. The molecule has 162 valence electrons. The summed E-state index contributed by atoms with van der Waals surface area (Å²) >= 11 is 0. The normalized spacial score (nSPS) is 21.1. The molecule has 0 aliphatic carbocycles. The van der Waals surface area contributed by atoms with Crippen LogP contribution in [0.15, 0.2) is 18.7 Å². The lowest BCUT2D eigenvalue weighted by atomic mass is 10.1. The fourth-order valence-electron chi connectivity index (χ4n) is 4.44. The van der Waals surface area contributed by atoms with Crippen molar-refractivity contribution in [1.29, 1.82) is 0 Å². The van der Waals surface area contributed by atoms with Crippen molar-refractivity contribution >= 4 is 22.9 Å². The van der Waals surface area contributed by atoms with Gasteiger partial charge in [0.1, 0.15) is 24.0 Å². The first-order chi connectivity index (χ1) is 15.1. The number of anilines is 1. The highest BCUT2D eigenvalue weighted by molar-refractivity contribution is 5.90. The average molecular weight is 422 g/mol. The molecule has 1 amide bonds. The minimum absolute atomic E-state index is 0.0899. The number of carbonyl (C=O) groups is 1. The van der Waals surface area contributed by atoms with Crippen molar-refractivity contribution in [2.24, 2.45) is 0 Å². The number of likely N-dealkylation sites (tertiary alicyclic amines) is 1. The number of amides is 1. The summed E-state index contributed by atoms with van der Waals surface area (Å²) in [4.78, 5) is 37.5. The fourth-order valence-corrected chi connectivity index (χ4v) is 4.44. The van der Waals surface area contributed by atoms with Crippen LogP contribution in [0.4, 0.5) is 5.82 Å². The van der Waals surface area contributed by atoms with Gasteiger partial charge in [-0.3, -0.25) is 4.79 Å². The zero-order chi connectivity index (χ0) is 21.5. The number of morpholine rings is 1. The van der Waals surface area contributed by atoms with Crippen LogP contribution in [-0.2, 0) is 16.1 Å². The lowest BCUT2D eigenvalue weighted by Crippen LogP contribution is -2.48. The maximum atomic E-state index is 13.2. The van der Waals surface area contributed by atoms with E-state index in [0.717, 1.165) is 17.8 Å². The summed E-state index contributed by atoms with van der Waals surface area (Å²) in [6, 6.07) is -0.193. The molecule has 5 heterocycles. The molecule has 0 radical (unpaired) electrons. The van der Waals surface area contributed by atoms with E-state index >= 15 is 0 Å². The van der Waals surface area contributed by atoms with Crippen LogP contribution in [0, 0.1) is 6.92 Å². The van der Waals surface area contributed by atoms with E-state index in [9.17, 15) is 4.79 Å². The monoisotopic (exact) mass is 422 g/mol. The molecule has 2 bridgehead atoms. The summed E-state index contributed by atoms with van der Waals surface area (Å²) in [6.07, 6.45) is 6.79. The highest BCUT2D eigenvalue weighted by atomic mass is 16.5. The van der Waals surface area contributed by atoms with Gasteiger partial charge < -0.3 is 19.5 Å². The number of rotatable bonds is 6. The smallest absolute Gasteiger partial charge is 0.245 e. The predicted molar refractivity (Wildman–Crippen MR) is 114 cm³/mol. The molecule has 31 heavy (non-hydrogen) atoms. The second kappa shape index (κ2) is 7.84. The zero-order valence-electron chi connectivity index (χ0n) is 17.9. The summed E-state index contributed by atoms with van der Waals surface area (Å²) < 4.78 is 7.65. The third-order valence-corrected chi connectivity index (χ3v) is 6.09. The van der Waals surface area contributed by atoms with Crippen LogP contribution in [-0.4, -0.2) is 71.6 Å². The second-order valence-electron chi connectivity index (χ2n) is 8.03.